The summed E-state index contributed by atoms with van der Waals surface area (Å²) >= 11 is 0. The quantitative estimate of drug-likeness (QED) is 0.499. The molecule has 2 aliphatic rings. The first kappa shape index (κ1) is 21.4. The van der Waals surface area contributed by atoms with Gasteiger partial charge in [0.25, 0.3) is 0 Å². The van der Waals surface area contributed by atoms with E-state index in [-0.39, 0.29) is 37.4 Å². The number of aliphatic hydroxyl groups excluding tert-OH is 2. The lowest BCUT2D eigenvalue weighted by Gasteiger charge is -2.20. The molecule has 2 saturated heterocycles. The predicted molar refractivity (Wildman–Crippen MR) is 86.3 cm³/mol. The van der Waals surface area contributed by atoms with Crippen LogP contribution in [-0.2, 0) is 32.0 Å². The largest absolute Gasteiger partial charge is 0.479 e. The molecular formula is C13H26O10P2. The zero-order valence-electron chi connectivity index (χ0n) is 14.4. The second-order valence-electron chi connectivity index (χ2n) is 6.94. The van der Waals surface area contributed by atoms with Crippen molar-refractivity contribution in [1.29, 1.82) is 0 Å². The molecule has 7 atom stereocenters. The number of ether oxygens (including phenoxy) is 2. The van der Waals surface area contributed by atoms with Crippen molar-refractivity contribution in [2.24, 2.45) is 5.41 Å². The van der Waals surface area contributed by atoms with Gasteiger partial charge in [0.05, 0.1) is 32.0 Å². The molecule has 3 unspecified atom stereocenters. The van der Waals surface area contributed by atoms with E-state index in [1.54, 1.807) is 0 Å². The summed E-state index contributed by atoms with van der Waals surface area (Å²) in [7, 11) is -7.93. The van der Waals surface area contributed by atoms with Gasteiger partial charge in [0.15, 0.2) is 0 Å². The number of phosphoric ester groups is 1. The molecule has 148 valence electrons. The van der Waals surface area contributed by atoms with Gasteiger partial charge in [-0.05, 0) is 18.8 Å². The maximum atomic E-state index is 11.8. The summed E-state index contributed by atoms with van der Waals surface area (Å²) in [5.74, 6) is 0. The highest BCUT2D eigenvalue weighted by molar-refractivity contribution is 7.56. The lowest BCUT2D eigenvalue weighted by atomic mass is 9.85. The Bertz CT molecular complexity index is 527. The van der Waals surface area contributed by atoms with E-state index in [1.807, 2.05) is 20.8 Å². The third kappa shape index (κ3) is 6.07. The van der Waals surface area contributed by atoms with E-state index in [9.17, 15) is 24.2 Å². The molecule has 0 radical (unpaired) electrons. The van der Waals surface area contributed by atoms with Gasteiger partial charge in [-0.25, -0.2) is 8.88 Å². The van der Waals surface area contributed by atoms with Crippen LogP contribution in [0.2, 0.25) is 0 Å². The highest BCUT2D eigenvalue weighted by atomic mass is 31.2. The van der Waals surface area contributed by atoms with Crippen molar-refractivity contribution >= 4 is 16.1 Å². The Kier molecular flexibility index (Phi) is 7.24. The molecule has 10 nitrogen and oxygen atoms in total. The lowest BCUT2D eigenvalue weighted by molar-refractivity contribution is -0.00221. The molecule has 2 heterocycles. The third-order valence-electron chi connectivity index (χ3n) is 4.49. The molecule has 0 aromatic carbocycles. The zero-order valence-corrected chi connectivity index (χ0v) is 16.3. The van der Waals surface area contributed by atoms with Crippen molar-refractivity contribution in [3.05, 3.63) is 0 Å². The normalized spacial score (nSPS) is 38.6. The molecule has 0 aromatic rings. The average molecular weight is 404 g/mol. The maximum absolute atomic E-state index is 11.8. The Hall–Kier alpha value is 0.140. The van der Waals surface area contributed by atoms with Crippen LogP contribution in [0.4, 0.5) is 0 Å². The Balaban J connectivity index is 1.71. The average Bonchev–Trinajstić information content (AvgIpc) is 2.95. The van der Waals surface area contributed by atoms with Crippen LogP contribution in [0.25, 0.3) is 0 Å². The molecule has 2 fully saturated rings. The Morgan fingerprint density at radius 2 is 2.00 bits per heavy atom. The fraction of sp³-hybridized carbons (Fsp3) is 1.00. The molecule has 0 amide bonds. The molecule has 2 rings (SSSR count). The minimum Gasteiger partial charge on any atom is -0.388 e. The minimum absolute atomic E-state index is 0.0178. The number of hydrogen-bond donors (Lipinski definition) is 3. The summed E-state index contributed by atoms with van der Waals surface area (Å²) in [6.45, 7) is 5.36. The van der Waals surface area contributed by atoms with Crippen LogP contribution in [0, 0.1) is 5.41 Å². The monoisotopic (exact) mass is 404 g/mol. The van der Waals surface area contributed by atoms with Crippen molar-refractivity contribution in [3.63, 3.8) is 0 Å². The first-order chi connectivity index (χ1) is 11.5. The smallest absolute Gasteiger partial charge is 0.388 e. The first-order valence-corrected chi connectivity index (χ1v) is 10.7. The zero-order chi connectivity index (χ0) is 18.8. The van der Waals surface area contributed by atoms with Crippen LogP contribution >= 0.6 is 16.1 Å². The molecule has 0 saturated carbocycles. The van der Waals surface area contributed by atoms with E-state index in [0.29, 0.717) is 6.42 Å². The van der Waals surface area contributed by atoms with Gasteiger partial charge in [-0.3, -0.25) is 9.09 Å². The number of aliphatic hydroxyl groups is 2. The minimum atomic E-state index is -4.58. The summed E-state index contributed by atoms with van der Waals surface area (Å²) in [6.07, 6.45) is -2.85. The van der Waals surface area contributed by atoms with Crippen molar-refractivity contribution in [2.75, 3.05) is 19.8 Å². The highest BCUT2D eigenvalue weighted by Gasteiger charge is 2.40. The lowest BCUT2D eigenvalue weighted by Crippen LogP contribution is -2.32. The summed E-state index contributed by atoms with van der Waals surface area (Å²) in [5, 5.41) is 18.8. The molecule has 0 aromatic heterocycles. The van der Waals surface area contributed by atoms with Gasteiger partial charge in [-0.15, -0.1) is 0 Å². The van der Waals surface area contributed by atoms with Gasteiger partial charge in [0.1, 0.15) is 18.3 Å². The van der Waals surface area contributed by atoms with Gasteiger partial charge in [-0.1, -0.05) is 13.8 Å². The fourth-order valence-electron chi connectivity index (χ4n) is 2.66. The van der Waals surface area contributed by atoms with Crippen LogP contribution in [0.5, 0.6) is 0 Å². The standard InChI is InChI=1S/C13H26O10P2/c1-8-13(2,3)4-9(22-8)5-21-25(17,18)23-24(16)20-7-11-12(15)10(14)6-19-11/h8-12,14-15,24H,4-7H2,1-3H3,(H,17,18)/t8-,9-,10?,11+,12-/m0/s1. The van der Waals surface area contributed by atoms with Gasteiger partial charge < -0.3 is 29.1 Å². The molecular weight excluding hydrogens is 378 g/mol. The summed E-state index contributed by atoms with van der Waals surface area (Å²) in [6, 6.07) is 0. The fourth-order valence-corrected chi connectivity index (χ4v) is 4.49. The van der Waals surface area contributed by atoms with E-state index < -0.39 is 34.4 Å². The second kappa shape index (κ2) is 8.44. The molecule has 3 N–H and O–H groups in total. The SMILES string of the molecule is C[C@@H]1O[C@H](COP(=O)(O)O[PH](=O)OC[C@H]2OCC(O)[C@@H]2O)CC1(C)C. The van der Waals surface area contributed by atoms with Crippen molar-refractivity contribution < 1.29 is 47.1 Å². The Labute approximate surface area is 146 Å². The first-order valence-electron chi connectivity index (χ1n) is 7.97. The van der Waals surface area contributed by atoms with Crippen LogP contribution in [0.1, 0.15) is 27.2 Å². The second-order valence-corrected chi connectivity index (χ2v) is 9.65. The predicted octanol–water partition coefficient (Wildman–Crippen LogP) is 0.850. The summed E-state index contributed by atoms with van der Waals surface area (Å²) in [4.78, 5) is 9.61. The van der Waals surface area contributed by atoms with Crippen LogP contribution in [-0.4, -0.2) is 65.4 Å². The Morgan fingerprint density at radius 3 is 2.52 bits per heavy atom. The van der Waals surface area contributed by atoms with Crippen molar-refractivity contribution in [2.45, 2.75) is 57.7 Å². The molecule has 0 spiro atoms. The number of hydrogen-bond acceptors (Lipinski definition) is 9. The van der Waals surface area contributed by atoms with Crippen molar-refractivity contribution in [1.82, 2.24) is 0 Å². The van der Waals surface area contributed by atoms with E-state index >= 15 is 0 Å². The van der Waals surface area contributed by atoms with E-state index in [2.05, 4.69) is 4.31 Å². The highest BCUT2D eigenvalue weighted by Crippen LogP contribution is 2.53. The molecule has 12 heteroatoms. The summed E-state index contributed by atoms with van der Waals surface area (Å²) in [5.41, 5.74) is -0.0718. The van der Waals surface area contributed by atoms with E-state index in [4.69, 9.17) is 18.5 Å². The van der Waals surface area contributed by atoms with Gasteiger partial charge in [-0.2, -0.15) is 0 Å². The van der Waals surface area contributed by atoms with Crippen LogP contribution in [0.3, 0.4) is 0 Å². The molecule has 2 aliphatic heterocycles. The van der Waals surface area contributed by atoms with E-state index in [1.165, 1.54) is 0 Å². The number of phosphoric acid groups is 1. The topological polar surface area (TPSA) is 141 Å². The van der Waals surface area contributed by atoms with Crippen LogP contribution in [0.15, 0.2) is 0 Å². The third-order valence-corrected chi connectivity index (χ3v) is 6.88. The van der Waals surface area contributed by atoms with Crippen molar-refractivity contribution in [3.8, 4) is 0 Å². The Morgan fingerprint density at radius 1 is 1.32 bits per heavy atom. The van der Waals surface area contributed by atoms with Crippen LogP contribution < -0.4 is 0 Å². The molecule has 0 aliphatic carbocycles. The summed E-state index contributed by atoms with van der Waals surface area (Å²) < 4.78 is 48.2. The maximum Gasteiger partial charge on any atom is 0.479 e. The van der Waals surface area contributed by atoms with E-state index in [0.717, 1.165) is 0 Å². The van der Waals surface area contributed by atoms with Gasteiger partial charge >= 0.3 is 16.1 Å². The number of rotatable bonds is 8. The molecule has 25 heavy (non-hydrogen) atoms. The van der Waals surface area contributed by atoms with Gasteiger partial charge in [0, 0.05) is 0 Å². The molecule has 0 bridgehead atoms. The van der Waals surface area contributed by atoms with Gasteiger partial charge in [0.2, 0.25) is 0 Å².